The topological polar surface area (TPSA) is 121 Å². The lowest BCUT2D eigenvalue weighted by Gasteiger charge is -2.49. The van der Waals surface area contributed by atoms with E-state index in [-0.39, 0.29) is 17.9 Å². The van der Waals surface area contributed by atoms with Crippen molar-refractivity contribution in [3.05, 3.63) is 52.7 Å². The van der Waals surface area contributed by atoms with E-state index in [0.29, 0.717) is 37.4 Å². The average Bonchev–Trinajstić information content (AvgIpc) is 3.46. The van der Waals surface area contributed by atoms with Crippen molar-refractivity contribution in [2.45, 2.75) is 82.4 Å². The van der Waals surface area contributed by atoms with Gasteiger partial charge in [0.1, 0.15) is 5.69 Å². The Kier molecular flexibility index (Phi) is 8.08. The van der Waals surface area contributed by atoms with Crippen LogP contribution < -0.4 is 11.1 Å². The van der Waals surface area contributed by atoms with Crippen LogP contribution in [0.2, 0.25) is 0 Å². The van der Waals surface area contributed by atoms with Crippen molar-refractivity contribution < 1.29 is 14.7 Å². The summed E-state index contributed by atoms with van der Waals surface area (Å²) in [5, 5.41) is 26.1. The molecule has 4 N–H and O–H groups in total. The molecule has 2 amide bonds. The predicted octanol–water partition coefficient (Wildman–Crippen LogP) is 5.33. The lowest BCUT2D eigenvalue weighted by atomic mass is 9.63. The molecule has 9 heteroatoms. The summed E-state index contributed by atoms with van der Waals surface area (Å²) in [7, 11) is 1.89. The van der Waals surface area contributed by atoms with Crippen LogP contribution in [0.3, 0.4) is 0 Å². The number of benzene rings is 1. The molecule has 0 atom stereocenters. The van der Waals surface area contributed by atoms with Gasteiger partial charge in [-0.2, -0.15) is 11.3 Å². The molecule has 0 unspecified atom stereocenters. The number of amides is 2. The molecular weight excluding hydrogens is 522 g/mol. The Labute approximate surface area is 240 Å². The fourth-order valence-corrected chi connectivity index (χ4v) is 7.08. The first-order valence-electron chi connectivity index (χ1n) is 14.1. The van der Waals surface area contributed by atoms with Crippen molar-refractivity contribution in [3.8, 4) is 22.4 Å². The van der Waals surface area contributed by atoms with Crippen molar-refractivity contribution in [1.29, 1.82) is 0 Å². The van der Waals surface area contributed by atoms with Crippen molar-refractivity contribution >= 4 is 29.0 Å². The van der Waals surface area contributed by atoms with Gasteiger partial charge in [-0.3, -0.25) is 9.59 Å². The number of anilines is 1. The first-order chi connectivity index (χ1) is 19.1. The summed E-state index contributed by atoms with van der Waals surface area (Å²) in [4.78, 5) is 26.8. The molecule has 1 aromatic carbocycles. The Morgan fingerprint density at radius 2 is 1.80 bits per heavy atom. The van der Waals surface area contributed by atoms with Gasteiger partial charge >= 0.3 is 0 Å². The molecule has 0 bridgehead atoms. The third-order valence-electron chi connectivity index (χ3n) is 8.55. The molecule has 5 rings (SSSR count). The lowest BCUT2D eigenvalue weighted by molar-refractivity contribution is -0.132. The fraction of sp³-hybridized carbons (Fsp3) is 0.484. The maximum atomic E-state index is 12.9. The Balaban J connectivity index is 1.26. The number of aliphatic hydroxyl groups is 1. The van der Waals surface area contributed by atoms with E-state index >= 15 is 0 Å². The smallest absolute Gasteiger partial charge is 0.225 e. The van der Waals surface area contributed by atoms with Crippen LogP contribution in [0.25, 0.3) is 22.4 Å². The van der Waals surface area contributed by atoms with Crippen LogP contribution in [0.15, 0.2) is 47.2 Å². The molecule has 40 heavy (non-hydrogen) atoms. The van der Waals surface area contributed by atoms with Crippen LogP contribution in [0.4, 0.5) is 5.82 Å². The SMILES string of the molecule is CCC(=O)N(C)C1CCC(CC(=O)Nc2cc(-c3ccsc3)c(-c3ccc(C4(N)CC(C)(O)C4)cc3)nn2)CC1. The lowest BCUT2D eigenvalue weighted by Crippen LogP contribution is -2.58. The summed E-state index contributed by atoms with van der Waals surface area (Å²) in [5.41, 5.74) is 9.86. The Morgan fingerprint density at radius 3 is 2.40 bits per heavy atom. The van der Waals surface area contributed by atoms with Crippen LogP contribution in [-0.4, -0.2) is 50.7 Å². The number of carbonyl (C=O) groups excluding carboxylic acids is 2. The number of nitrogens with zero attached hydrogens (tertiary/aromatic N) is 3. The molecule has 3 aromatic rings. The summed E-state index contributed by atoms with van der Waals surface area (Å²) >= 11 is 1.60. The van der Waals surface area contributed by atoms with E-state index < -0.39 is 11.1 Å². The van der Waals surface area contributed by atoms with E-state index in [9.17, 15) is 14.7 Å². The highest BCUT2D eigenvalue weighted by Crippen LogP contribution is 2.46. The van der Waals surface area contributed by atoms with Gasteiger partial charge in [-0.05, 0) is 85.4 Å². The number of hydrogen-bond donors (Lipinski definition) is 3. The van der Waals surface area contributed by atoms with Gasteiger partial charge in [-0.1, -0.05) is 31.2 Å². The summed E-state index contributed by atoms with van der Waals surface area (Å²) in [6.07, 6.45) is 5.75. The van der Waals surface area contributed by atoms with Crippen molar-refractivity contribution in [2.75, 3.05) is 12.4 Å². The fourth-order valence-electron chi connectivity index (χ4n) is 6.42. The van der Waals surface area contributed by atoms with E-state index in [2.05, 4.69) is 20.9 Å². The molecule has 2 aromatic heterocycles. The summed E-state index contributed by atoms with van der Waals surface area (Å²) < 4.78 is 0. The molecule has 0 saturated heterocycles. The summed E-state index contributed by atoms with van der Waals surface area (Å²) in [6, 6.07) is 12.2. The number of nitrogens with one attached hydrogen (secondary N) is 1. The van der Waals surface area contributed by atoms with Gasteiger partial charge in [-0.25, -0.2) is 0 Å². The van der Waals surface area contributed by atoms with Gasteiger partial charge in [0.15, 0.2) is 5.82 Å². The molecular formula is C31H39N5O3S. The zero-order chi connectivity index (χ0) is 28.5. The van der Waals surface area contributed by atoms with E-state index in [1.165, 1.54) is 0 Å². The van der Waals surface area contributed by atoms with Gasteiger partial charge in [-0.15, -0.1) is 10.2 Å². The molecule has 2 aliphatic rings. The highest BCUT2D eigenvalue weighted by Gasteiger charge is 2.49. The third-order valence-corrected chi connectivity index (χ3v) is 9.24. The Hall–Kier alpha value is -3.14. The molecule has 2 aliphatic carbocycles. The van der Waals surface area contributed by atoms with Crippen molar-refractivity contribution in [3.63, 3.8) is 0 Å². The molecule has 0 aliphatic heterocycles. The van der Waals surface area contributed by atoms with Crippen LogP contribution in [0.5, 0.6) is 0 Å². The molecule has 0 radical (unpaired) electrons. The van der Waals surface area contributed by atoms with Gasteiger partial charge in [0, 0.05) is 42.6 Å². The van der Waals surface area contributed by atoms with E-state index in [1.807, 2.05) is 67.6 Å². The summed E-state index contributed by atoms with van der Waals surface area (Å²) in [6.45, 7) is 3.71. The maximum Gasteiger partial charge on any atom is 0.225 e. The second kappa shape index (κ2) is 11.4. The van der Waals surface area contributed by atoms with Crippen molar-refractivity contribution in [1.82, 2.24) is 15.1 Å². The highest BCUT2D eigenvalue weighted by molar-refractivity contribution is 7.08. The Bertz CT molecular complexity index is 1340. The third kappa shape index (κ3) is 6.11. The first-order valence-corrected chi connectivity index (χ1v) is 15.1. The maximum absolute atomic E-state index is 12.9. The van der Waals surface area contributed by atoms with Crippen LogP contribution >= 0.6 is 11.3 Å². The van der Waals surface area contributed by atoms with Gasteiger partial charge in [0.05, 0.1) is 5.60 Å². The highest BCUT2D eigenvalue weighted by atomic mass is 32.1. The second-order valence-corrected chi connectivity index (χ2v) is 12.7. The van der Waals surface area contributed by atoms with Crippen LogP contribution in [0, 0.1) is 5.92 Å². The quantitative estimate of drug-likeness (QED) is 0.342. The zero-order valence-electron chi connectivity index (χ0n) is 23.5. The molecule has 212 valence electrons. The molecule has 2 heterocycles. The number of rotatable bonds is 8. The molecule has 2 saturated carbocycles. The van der Waals surface area contributed by atoms with E-state index in [0.717, 1.165) is 53.6 Å². The second-order valence-electron chi connectivity index (χ2n) is 11.9. The minimum atomic E-state index is -0.712. The monoisotopic (exact) mass is 561 g/mol. The largest absolute Gasteiger partial charge is 0.390 e. The van der Waals surface area contributed by atoms with E-state index in [4.69, 9.17) is 5.73 Å². The number of nitrogens with two attached hydrogens (primary N) is 1. The van der Waals surface area contributed by atoms with Crippen LogP contribution in [0.1, 0.15) is 70.8 Å². The standard InChI is InChI=1S/C31H39N5O3S/c1-4-28(38)36(3)24-11-5-20(6-12-24)15-27(37)33-26-16-25(22-13-14-40-17-22)29(35-34-26)21-7-9-23(10-8-21)31(32)18-30(2,39)19-31/h7-10,13-14,16-17,20,24,39H,4-6,11-12,15,18-19,32H2,1-3H3,(H,33,34,37). The number of thiophene rings is 1. The number of aromatic nitrogens is 2. The van der Waals surface area contributed by atoms with Gasteiger partial charge in [0.25, 0.3) is 0 Å². The summed E-state index contributed by atoms with van der Waals surface area (Å²) in [5.74, 6) is 0.852. The van der Waals surface area contributed by atoms with E-state index in [1.54, 1.807) is 11.3 Å². The number of carbonyl (C=O) groups is 2. The normalized spacial score (nSPS) is 26.1. The molecule has 8 nitrogen and oxygen atoms in total. The van der Waals surface area contributed by atoms with Gasteiger partial charge < -0.3 is 21.1 Å². The van der Waals surface area contributed by atoms with Crippen molar-refractivity contribution in [2.24, 2.45) is 11.7 Å². The predicted molar refractivity (Wildman–Crippen MR) is 159 cm³/mol. The Morgan fingerprint density at radius 1 is 1.10 bits per heavy atom. The number of hydrogen-bond acceptors (Lipinski definition) is 7. The minimum Gasteiger partial charge on any atom is -0.390 e. The molecule has 0 spiro atoms. The van der Waals surface area contributed by atoms with Crippen LogP contribution in [-0.2, 0) is 15.1 Å². The molecule has 2 fully saturated rings. The minimum absolute atomic E-state index is 0.0614. The zero-order valence-corrected chi connectivity index (χ0v) is 24.3. The average molecular weight is 562 g/mol. The first kappa shape index (κ1) is 28.4. The van der Waals surface area contributed by atoms with Gasteiger partial charge in [0.2, 0.25) is 11.8 Å².